The summed E-state index contributed by atoms with van der Waals surface area (Å²) in [4.78, 5) is 0. The minimum atomic E-state index is -0.299. The lowest BCUT2D eigenvalue weighted by atomic mass is 9.76. The molecule has 100 heavy (non-hydrogen) atoms. The number of ether oxygens (including phenoxy) is 8. The van der Waals surface area contributed by atoms with Crippen molar-refractivity contribution in [3.63, 3.8) is 0 Å². The van der Waals surface area contributed by atoms with E-state index in [9.17, 15) is 0 Å². The lowest BCUT2D eigenvalue weighted by molar-refractivity contribution is 0.271. The van der Waals surface area contributed by atoms with Crippen LogP contribution < -0.4 is 37.9 Å². The summed E-state index contributed by atoms with van der Waals surface area (Å²) >= 11 is 0. The Balaban J connectivity index is 1.02. The van der Waals surface area contributed by atoms with E-state index in [-0.39, 0.29) is 23.7 Å². The van der Waals surface area contributed by atoms with Crippen LogP contribution in [0.25, 0.3) is 0 Å². The second-order valence-electron chi connectivity index (χ2n) is 27.4. The monoisotopic (exact) mass is 1310 g/mol. The van der Waals surface area contributed by atoms with Crippen LogP contribution in [0.4, 0.5) is 0 Å². The Morgan fingerprint density at radius 3 is 0.490 bits per heavy atom. The highest BCUT2D eigenvalue weighted by Gasteiger charge is 2.37. The molecule has 0 aromatic heterocycles. The zero-order valence-corrected chi connectivity index (χ0v) is 56.3. The van der Waals surface area contributed by atoms with E-state index in [1.54, 1.807) is 0 Å². The Hall–Kier alpha value is -11.0. The molecule has 0 saturated carbocycles. The molecule has 12 aromatic rings. The van der Waals surface area contributed by atoms with Crippen molar-refractivity contribution in [2.24, 2.45) is 0 Å². The maximum atomic E-state index is 7.53. The summed E-state index contributed by atoms with van der Waals surface area (Å²) in [7, 11) is 0. The largest absolute Gasteiger partial charge is 0.488 e. The van der Waals surface area contributed by atoms with Crippen LogP contribution in [-0.4, -0.2) is 0 Å². The van der Waals surface area contributed by atoms with Gasteiger partial charge in [-0.15, -0.1) is 0 Å². The van der Waals surface area contributed by atoms with Gasteiger partial charge in [-0.05, 0) is 142 Å². The van der Waals surface area contributed by atoms with Crippen molar-refractivity contribution in [1.82, 2.24) is 0 Å². The quantitative estimate of drug-likeness (QED) is 0.120. The maximum Gasteiger partial charge on any atom is 0.127 e. The predicted molar refractivity (Wildman–Crippen MR) is 393 cm³/mol. The second kappa shape index (κ2) is 28.5. The van der Waals surface area contributed by atoms with E-state index in [1.165, 1.54) is 22.3 Å². The summed E-state index contributed by atoms with van der Waals surface area (Å²) < 4.78 is 60.2. The average molecular weight is 1310 g/mol. The molecule has 0 radical (unpaired) electrons. The van der Waals surface area contributed by atoms with Crippen molar-refractivity contribution in [2.45, 2.75) is 128 Å². The predicted octanol–water partition coefficient (Wildman–Crippen LogP) is 20.9. The number of benzene rings is 12. The van der Waals surface area contributed by atoms with E-state index in [2.05, 4.69) is 267 Å². The average Bonchev–Trinajstić information content (AvgIpc) is 1.08. The minimum Gasteiger partial charge on any atom is -0.488 e. The number of fused-ring (bicyclic) bond motifs is 4. The van der Waals surface area contributed by atoms with Crippen LogP contribution in [0, 0.1) is 0 Å². The zero-order chi connectivity index (χ0) is 66.6. The van der Waals surface area contributed by atoms with Crippen molar-refractivity contribution >= 4 is 0 Å². The molecule has 4 heterocycles. The third-order valence-corrected chi connectivity index (χ3v) is 21.4. The van der Waals surface area contributed by atoms with Gasteiger partial charge in [0.05, 0.1) is 0 Å². The fourth-order valence-electron chi connectivity index (χ4n) is 15.9. The molecule has 8 bridgehead atoms. The lowest BCUT2D eigenvalue weighted by Gasteiger charge is -2.32. The van der Waals surface area contributed by atoms with Crippen molar-refractivity contribution in [3.05, 3.63) is 378 Å². The summed E-state index contributed by atoms with van der Waals surface area (Å²) in [5.74, 6) is 4.91. The van der Waals surface area contributed by atoms with Crippen LogP contribution >= 0.6 is 0 Å². The van der Waals surface area contributed by atoms with Crippen LogP contribution in [0.15, 0.2) is 267 Å². The van der Waals surface area contributed by atoms with E-state index in [1.807, 2.05) is 0 Å². The third kappa shape index (κ3) is 13.2. The van der Waals surface area contributed by atoms with E-state index >= 15 is 0 Å². The van der Waals surface area contributed by atoms with Gasteiger partial charge in [0.1, 0.15) is 98.9 Å². The first-order valence-electron chi connectivity index (χ1n) is 35.7. The highest BCUT2D eigenvalue weighted by molar-refractivity contribution is 5.64. The molecule has 0 saturated heterocycles. The van der Waals surface area contributed by atoms with Crippen molar-refractivity contribution in [3.8, 4) is 46.0 Å². The minimum absolute atomic E-state index is 0.299. The van der Waals surface area contributed by atoms with Gasteiger partial charge in [0.2, 0.25) is 0 Å². The first kappa shape index (κ1) is 62.6. The Morgan fingerprint density at radius 2 is 0.330 bits per heavy atom. The Bertz CT molecular complexity index is 4080. The van der Waals surface area contributed by atoms with Crippen molar-refractivity contribution < 1.29 is 37.9 Å². The molecular weight excluding hydrogens is 1230 g/mol. The van der Waals surface area contributed by atoms with Gasteiger partial charge in [0.25, 0.3) is 0 Å². The summed E-state index contributed by atoms with van der Waals surface area (Å²) in [6.45, 7) is 2.53. The highest BCUT2D eigenvalue weighted by atomic mass is 16.5. The molecule has 0 fully saturated rings. The first-order chi connectivity index (χ1) is 49.5. The van der Waals surface area contributed by atoms with Crippen LogP contribution in [0.1, 0.15) is 161 Å². The van der Waals surface area contributed by atoms with Gasteiger partial charge >= 0.3 is 0 Å². The Kier molecular flexibility index (Phi) is 17.8. The molecule has 8 heteroatoms. The molecule has 17 rings (SSSR count). The van der Waals surface area contributed by atoms with Gasteiger partial charge in [0, 0.05) is 92.4 Å². The van der Waals surface area contributed by atoms with E-state index < -0.39 is 0 Å². The summed E-state index contributed by atoms with van der Waals surface area (Å²) in [5.41, 5.74) is 21.8. The standard InChI is InChI=1S/C92H80O8/c1-5-21-61(22-6-1)37-41-73-77-45-79-74(42-38-62-23-7-2-8-24-62)81-47-83-76(44-40-64-27-11-4-12-28-64)84-48-82-75(43-39-63-25-9-3-10-26-63)80-46-78(73)86-50-88(80)96-56-68-32-16-18-34-70(68)58-98-90(82)52-92(84)100-60-72-36-20-19-35-71(72)59-99-91(83)51-89(81)97-57-69-33-17-15-31-67(69)55-95-87(79)49-85(77)93-53-65-29-13-14-30-66(65)54-94-86/h1-36,45-52,73-76H,37-44,53-60H2. The molecule has 0 unspecified atom stereocenters. The topological polar surface area (TPSA) is 73.8 Å². The van der Waals surface area contributed by atoms with Gasteiger partial charge in [0.15, 0.2) is 0 Å². The SMILES string of the molecule is c1ccc(CCC2c3cc4c5cc3OCc3ccccc3COc3cc6c(cc32)C(CCc2ccccc2)c2cc3c(cc2OCc2ccccc2CO6)OCc2ccccc2COc2cc(c(cc2C3CCc2ccccc2)C4CCc2ccccc2)OCc2ccccc2CO5)cc1. The van der Waals surface area contributed by atoms with Crippen molar-refractivity contribution in [2.75, 3.05) is 0 Å². The second-order valence-corrected chi connectivity index (χ2v) is 27.4. The molecule has 4 aliphatic heterocycles. The number of rotatable bonds is 12. The number of hydrogen-bond donors (Lipinski definition) is 0. The van der Waals surface area contributed by atoms with Gasteiger partial charge < -0.3 is 37.9 Å². The fourth-order valence-corrected chi connectivity index (χ4v) is 15.9. The van der Waals surface area contributed by atoms with E-state index in [0.29, 0.717) is 78.5 Å². The number of hydrogen-bond acceptors (Lipinski definition) is 8. The molecule has 496 valence electrons. The molecule has 0 spiro atoms. The highest BCUT2D eigenvalue weighted by Crippen LogP contribution is 2.55. The molecule has 0 atom stereocenters. The third-order valence-electron chi connectivity index (χ3n) is 21.4. The van der Waals surface area contributed by atoms with Crippen LogP contribution in [0.3, 0.4) is 0 Å². The molecule has 8 nitrogen and oxygen atoms in total. The van der Waals surface area contributed by atoms with Crippen LogP contribution in [-0.2, 0) is 78.5 Å². The maximum absolute atomic E-state index is 7.53. The Labute approximate surface area is 586 Å². The first-order valence-corrected chi connectivity index (χ1v) is 35.7. The fraction of sp³-hybridized carbons (Fsp3) is 0.217. The van der Waals surface area contributed by atoms with Crippen LogP contribution in [0.5, 0.6) is 46.0 Å². The smallest absolute Gasteiger partial charge is 0.127 e. The van der Waals surface area contributed by atoms with Gasteiger partial charge in [-0.3, -0.25) is 0 Å². The molecule has 0 N–H and O–H groups in total. The van der Waals surface area contributed by atoms with E-state index in [4.69, 9.17) is 37.9 Å². The normalized spacial score (nSPS) is 17.0. The molecule has 5 aliphatic rings. The summed E-state index contributed by atoms with van der Waals surface area (Å²) in [6, 6.07) is 96.6. The van der Waals surface area contributed by atoms with Gasteiger partial charge in [-0.25, -0.2) is 0 Å². The Morgan fingerprint density at radius 1 is 0.180 bits per heavy atom. The van der Waals surface area contributed by atoms with Crippen molar-refractivity contribution in [1.29, 1.82) is 0 Å². The molecule has 12 aromatic carbocycles. The molecule has 1 aliphatic carbocycles. The zero-order valence-electron chi connectivity index (χ0n) is 56.3. The molecular formula is C92H80O8. The van der Waals surface area contributed by atoms with Gasteiger partial charge in [-0.1, -0.05) is 218 Å². The summed E-state index contributed by atoms with van der Waals surface area (Å²) in [5, 5.41) is 0. The van der Waals surface area contributed by atoms with E-state index in [0.717, 1.165) is 161 Å². The molecule has 0 amide bonds. The van der Waals surface area contributed by atoms with Gasteiger partial charge in [-0.2, -0.15) is 0 Å². The lowest BCUT2D eigenvalue weighted by Crippen LogP contribution is -2.16. The summed E-state index contributed by atoms with van der Waals surface area (Å²) in [6.07, 6.45) is 5.95. The number of aryl methyl sites for hydroxylation is 4. The van der Waals surface area contributed by atoms with Crippen LogP contribution in [0.2, 0.25) is 0 Å².